The molecule has 4 aromatic rings. The molecule has 5 rings (SSSR count). The maximum Gasteiger partial charge on any atom is 0.00248 e. The first-order valence-corrected chi connectivity index (χ1v) is 9.09. The Morgan fingerprint density at radius 3 is 2.32 bits per heavy atom. The molecule has 0 bridgehead atoms. The maximum absolute atomic E-state index is 2.36. The van der Waals surface area contributed by atoms with Crippen molar-refractivity contribution in [3.63, 3.8) is 0 Å². The van der Waals surface area contributed by atoms with Crippen LogP contribution in [0.4, 0.5) is 0 Å². The zero-order valence-electron chi connectivity index (χ0n) is 14.4. The van der Waals surface area contributed by atoms with Crippen molar-refractivity contribution in [3.8, 4) is 11.1 Å². The average molecular weight is 320 g/mol. The van der Waals surface area contributed by atoms with Crippen LogP contribution in [0.25, 0.3) is 38.7 Å². The van der Waals surface area contributed by atoms with Crippen molar-refractivity contribution < 1.29 is 0 Å². The summed E-state index contributed by atoms with van der Waals surface area (Å²) in [7, 11) is 0. The Bertz CT molecular complexity index is 1130. The summed E-state index contributed by atoms with van der Waals surface area (Å²) in [5.74, 6) is 0.557. The molecule has 1 aliphatic rings. The van der Waals surface area contributed by atoms with E-state index >= 15 is 0 Å². The van der Waals surface area contributed by atoms with Gasteiger partial charge in [-0.2, -0.15) is 0 Å². The minimum Gasteiger partial charge on any atom is -0.0764 e. The van der Waals surface area contributed by atoms with Crippen LogP contribution in [0, 0.1) is 0 Å². The highest BCUT2D eigenvalue weighted by atomic mass is 14.2. The van der Waals surface area contributed by atoms with Gasteiger partial charge >= 0.3 is 0 Å². The van der Waals surface area contributed by atoms with Gasteiger partial charge in [0.1, 0.15) is 0 Å². The van der Waals surface area contributed by atoms with Gasteiger partial charge in [0, 0.05) is 5.92 Å². The molecular weight excluding hydrogens is 300 g/mol. The monoisotopic (exact) mass is 320 g/mol. The highest BCUT2D eigenvalue weighted by Gasteiger charge is 2.19. The van der Waals surface area contributed by atoms with E-state index in [2.05, 4.69) is 91.9 Å². The molecular formula is C25H20. The van der Waals surface area contributed by atoms with E-state index in [1.54, 1.807) is 0 Å². The first-order valence-electron chi connectivity index (χ1n) is 9.09. The van der Waals surface area contributed by atoms with Gasteiger partial charge in [-0.05, 0) is 56.3 Å². The Labute approximate surface area is 148 Å². The fourth-order valence-corrected chi connectivity index (χ4v) is 4.28. The van der Waals surface area contributed by atoms with Gasteiger partial charge in [0.15, 0.2) is 0 Å². The van der Waals surface area contributed by atoms with Crippen LogP contribution in [0.1, 0.15) is 30.4 Å². The summed E-state index contributed by atoms with van der Waals surface area (Å²) < 4.78 is 0. The smallest absolute Gasteiger partial charge is 0.00248 e. The van der Waals surface area contributed by atoms with Gasteiger partial charge in [0.2, 0.25) is 0 Å². The molecule has 0 saturated carbocycles. The molecule has 4 aromatic carbocycles. The van der Waals surface area contributed by atoms with Gasteiger partial charge in [0.05, 0.1) is 0 Å². The molecule has 0 radical (unpaired) electrons. The minimum absolute atomic E-state index is 0.557. The molecule has 0 amide bonds. The summed E-state index contributed by atoms with van der Waals surface area (Å²) in [4.78, 5) is 0. The lowest BCUT2D eigenvalue weighted by atomic mass is 9.88. The molecule has 0 heteroatoms. The van der Waals surface area contributed by atoms with Crippen molar-refractivity contribution in [3.05, 3.63) is 90.0 Å². The van der Waals surface area contributed by atoms with E-state index in [1.807, 2.05) is 0 Å². The summed E-state index contributed by atoms with van der Waals surface area (Å²) in [6, 6.07) is 26.6. The number of hydrogen-bond donors (Lipinski definition) is 0. The van der Waals surface area contributed by atoms with Crippen molar-refractivity contribution in [1.29, 1.82) is 0 Å². The van der Waals surface area contributed by atoms with Crippen molar-refractivity contribution in [2.24, 2.45) is 0 Å². The summed E-state index contributed by atoms with van der Waals surface area (Å²) in [6.45, 7) is 2.27. The SMILES string of the molecule is CCC1C=Cc2c(-c3cc4ccccc4c4ccccc34)cccc21. The second-order valence-corrected chi connectivity index (χ2v) is 6.87. The van der Waals surface area contributed by atoms with E-state index in [1.165, 1.54) is 43.8 Å². The molecule has 0 spiro atoms. The Hall–Kier alpha value is -2.86. The van der Waals surface area contributed by atoms with E-state index in [-0.39, 0.29) is 0 Å². The van der Waals surface area contributed by atoms with Crippen LogP contribution in [-0.2, 0) is 0 Å². The number of rotatable bonds is 2. The molecule has 0 fully saturated rings. The molecule has 1 aliphatic carbocycles. The van der Waals surface area contributed by atoms with Crippen LogP contribution in [-0.4, -0.2) is 0 Å². The van der Waals surface area contributed by atoms with Crippen molar-refractivity contribution in [2.75, 3.05) is 0 Å². The molecule has 0 heterocycles. The van der Waals surface area contributed by atoms with Crippen molar-refractivity contribution in [1.82, 2.24) is 0 Å². The highest BCUT2D eigenvalue weighted by molar-refractivity contribution is 6.14. The number of allylic oxidation sites excluding steroid dienone is 1. The van der Waals surface area contributed by atoms with E-state index in [4.69, 9.17) is 0 Å². The average Bonchev–Trinajstić information content (AvgIpc) is 3.11. The first-order chi connectivity index (χ1) is 12.4. The normalized spacial score (nSPS) is 15.8. The van der Waals surface area contributed by atoms with Gasteiger partial charge in [-0.15, -0.1) is 0 Å². The summed E-state index contributed by atoms with van der Waals surface area (Å²) >= 11 is 0. The lowest BCUT2D eigenvalue weighted by Crippen LogP contribution is -1.93. The number of hydrogen-bond acceptors (Lipinski definition) is 0. The van der Waals surface area contributed by atoms with Crippen LogP contribution in [0.5, 0.6) is 0 Å². The first kappa shape index (κ1) is 14.5. The molecule has 1 unspecified atom stereocenters. The van der Waals surface area contributed by atoms with Crippen LogP contribution >= 0.6 is 0 Å². The lowest BCUT2D eigenvalue weighted by molar-refractivity contribution is 0.819. The third-order valence-corrected chi connectivity index (χ3v) is 5.53. The van der Waals surface area contributed by atoms with E-state index in [9.17, 15) is 0 Å². The van der Waals surface area contributed by atoms with Gasteiger partial charge < -0.3 is 0 Å². The standard InChI is InChI=1S/C25H20/c1-2-17-14-15-24-19(17)12-7-13-23(24)25-16-18-8-3-4-9-20(18)21-10-5-6-11-22(21)25/h3-17H,2H2,1H3. The Morgan fingerprint density at radius 1 is 0.720 bits per heavy atom. The molecule has 1 atom stereocenters. The van der Waals surface area contributed by atoms with Crippen molar-refractivity contribution in [2.45, 2.75) is 19.3 Å². The van der Waals surface area contributed by atoms with Gasteiger partial charge in [-0.25, -0.2) is 0 Å². The maximum atomic E-state index is 2.36. The Kier molecular flexibility index (Phi) is 3.24. The Morgan fingerprint density at radius 2 is 1.48 bits per heavy atom. The fourth-order valence-electron chi connectivity index (χ4n) is 4.28. The van der Waals surface area contributed by atoms with Crippen LogP contribution in [0.15, 0.2) is 78.9 Å². The Balaban J connectivity index is 1.88. The quantitative estimate of drug-likeness (QED) is 0.343. The largest absolute Gasteiger partial charge is 0.0764 e. The molecule has 120 valence electrons. The number of fused-ring (bicyclic) bond motifs is 4. The lowest BCUT2D eigenvalue weighted by Gasteiger charge is -2.15. The van der Waals surface area contributed by atoms with Crippen molar-refractivity contribution >= 4 is 27.6 Å². The van der Waals surface area contributed by atoms with Crippen LogP contribution in [0.3, 0.4) is 0 Å². The topological polar surface area (TPSA) is 0 Å². The molecule has 0 N–H and O–H groups in total. The van der Waals surface area contributed by atoms with E-state index in [0.717, 1.165) is 6.42 Å². The molecule has 25 heavy (non-hydrogen) atoms. The second kappa shape index (κ2) is 5.60. The fraction of sp³-hybridized carbons (Fsp3) is 0.120. The second-order valence-electron chi connectivity index (χ2n) is 6.87. The third-order valence-electron chi connectivity index (χ3n) is 5.53. The zero-order chi connectivity index (χ0) is 16.8. The minimum atomic E-state index is 0.557. The molecule has 0 aromatic heterocycles. The summed E-state index contributed by atoms with van der Waals surface area (Å²) in [5, 5.41) is 5.31. The predicted molar refractivity (Wildman–Crippen MR) is 109 cm³/mol. The summed E-state index contributed by atoms with van der Waals surface area (Å²) in [5.41, 5.74) is 5.56. The van der Waals surface area contributed by atoms with Crippen LogP contribution < -0.4 is 0 Å². The number of benzene rings is 4. The van der Waals surface area contributed by atoms with E-state index < -0.39 is 0 Å². The molecule has 0 saturated heterocycles. The third kappa shape index (κ3) is 2.14. The highest BCUT2D eigenvalue weighted by Crippen LogP contribution is 2.42. The van der Waals surface area contributed by atoms with Crippen LogP contribution in [0.2, 0.25) is 0 Å². The zero-order valence-corrected chi connectivity index (χ0v) is 14.4. The van der Waals surface area contributed by atoms with E-state index in [0.29, 0.717) is 5.92 Å². The predicted octanol–water partition coefficient (Wildman–Crippen LogP) is 7.18. The summed E-state index contributed by atoms with van der Waals surface area (Å²) in [6.07, 6.45) is 5.84. The molecule has 0 nitrogen and oxygen atoms in total. The molecule has 0 aliphatic heterocycles. The van der Waals surface area contributed by atoms with Gasteiger partial charge in [0.25, 0.3) is 0 Å². The van der Waals surface area contributed by atoms with Gasteiger partial charge in [-0.3, -0.25) is 0 Å². The van der Waals surface area contributed by atoms with Gasteiger partial charge in [-0.1, -0.05) is 85.8 Å².